The molecule has 2 nitrogen and oxygen atoms in total. The van der Waals surface area contributed by atoms with Crippen LogP contribution < -0.4 is 5.32 Å². The van der Waals surface area contributed by atoms with Crippen molar-refractivity contribution >= 4 is 15.9 Å². The van der Waals surface area contributed by atoms with Gasteiger partial charge in [0.2, 0.25) is 0 Å². The summed E-state index contributed by atoms with van der Waals surface area (Å²) in [4.78, 5) is 4.28. The molecular weight excluding hydrogens is 288 g/mol. The van der Waals surface area contributed by atoms with E-state index in [2.05, 4.69) is 64.3 Å². The summed E-state index contributed by atoms with van der Waals surface area (Å²) in [6.07, 6.45) is 3.80. The zero-order chi connectivity index (χ0) is 13.1. The summed E-state index contributed by atoms with van der Waals surface area (Å²) in [5.74, 6) is 0. The van der Waals surface area contributed by atoms with Crippen LogP contribution >= 0.6 is 15.9 Å². The Hall–Kier alpha value is -1.19. The topological polar surface area (TPSA) is 24.9 Å². The molecule has 0 fully saturated rings. The molecule has 1 atom stereocenters. The molecule has 2 rings (SSSR count). The fraction of sp³-hybridized carbons (Fsp3) is 0.267. The second-order valence-corrected chi connectivity index (χ2v) is 5.40. The molecule has 0 aliphatic rings. The summed E-state index contributed by atoms with van der Waals surface area (Å²) >= 11 is 3.63. The highest BCUT2D eigenvalue weighted by Gasteiger charge is 2.15. The van der Waals surface area contributed by atoms with Crippen molar-refractivity contribution in [1.82, 2.24) is 10.3 Å². The van der Waals surface area contributed by atoms with Gasteiger partial charge < -0.3 is 5.32 Å². The highest BCUT2D eigenvalue weighted by atomic mass is 79.9. The van der Waals surface area contributed by atoms with Gasteiger partial charge in [-0.25, -0.2) is 0 Å². The van der Waals surface area contributed by atoms with Crippen molar-refractivity contribution < 1.29 is 0 Å². The second kappa shape index (κ2) is 5.63. The van der Waals surface area contributed by atoms with Crippen LogP contribution in [0.3, 0.4) is 0 Å². The van der Waals surface area contributed by atoms with Crippen LogP contribution in [0.15, 0.2) is 41.1 Å². The molecule has 1 unspecified atom stereocenters. The average molecular weight is 305 g/mol. The minimum Gasteiger partial charge on any atom is -0.309 e. The van der Waals surface area contributed by atoms with Gasteiger partial charge in [0.25, 0.3) is 0 Å². The number of benzene rings is 1. The Kier molecular flexibility index (Phi) is 4.15. The predicted octanol–water partition coefficient (Wildman–Crippen LogP) is 3.77. The molecule has 18 heavy (non-hydrogen) atoms. The van der Waals surface area contributed by atoms with E-state index in [4.69, 9.17) is 0 Å². The van der Waals surface area contributed by atoms with E-state index in [1.54, 1.807) is 0 Å². The molecule has 1 aromatic carbocycles. The van der Waals surface area contributed by atoms with E-state index in [-0.39, 0.29) is 6.04 Å². The van der Waals surface area contributed by atoms with Gasteiger partial charge in [0.15, 0.2) is 0 Å². The first-order valence-corrected chi connectivity index (χ1v) is 6.76. The van der Waals surface area contributed by atoms with Gasteiger partial charge in [-0.05, 0) is 43.7 Å². The van der Waals surface area contributed by atoms with Crippen molar-refractivity contribution in [3.8, 4) is 0 Å². The maximum atomic E-state index is 4.28. The molecule has 0 saturated heterocycles. The van der Waals surface area contributed by atoms with Crippen molar-refractivity contribution in [2.45, 2.75) is 19.9 Å². The third kappa shape index (κ3) is 2.79. The Balaban J connectivity index is 2.48. The number of nitrogens with one attached hydrogen (secondary N) is 1. The average Bonchev–Trinajstić information content (AvgIpc) is 2.35. The predicted molar refractivity (Wildman–Crippen MR) is 78.8 cm³/mol. The van der Waals surface area contributed by atoms with Crippen LogP contribution in [0.25, 0.3) is 0 Å². The third-order valence-corrected chi connectivity index (χ3v) is 3.70. The fourth-order valence-electron chi connectivity index (χ4n) is 2.12. The zero-order valence-electron chi connectivity index (χ0n) is 10.9. The Labute approximate surface area is 117 Å². The molecule has 2 aromatic rings. The van der Waals surface area contributed by atoms with Crippen molar-refractivity contribution in [2.75, 3.05) is 7.05 Å². The monoisotopic (exact) mass is 304 g/mol. The van der Waals surface area contributed by atoms with E-state index in [1.807, 2.05) is 19.4 Å². The van der Waals surface area contributed by atoms with Gasteiger partial charge in [-0.3, -0.25) is 4.98 Å². The van der Waals surface area contributed by atoms with Crippen molar-refractivity contribution in [3.05, 3.63) is 63.4 Å². The number of aromatic nitrogens is 1. The molecule has 0 amide bonds. The lowest BCUT2D eigenvalue weighted by Crippen LogP contribution is -2.18. The van der Waals surface area contributed by atoms with Crippen molar-refractivity contribution in [3.63, 3.8) is 0 Å². The number of halogens is 1. The third-order valence-electron chi connectivity index (χ3n) is 2.98. The molecule has 0 spiro atoms. The van der Waals surface area contributed by atoms with Crippen LogP contribution in [0.2, 0.25) is 0 Å². The van der Waals surface area contributed by atoms with Crippen LogP contribution in [0.5, 0.6) is 0 Å². The molecular formula is C15H17BrN2. The van der Waals surface area contributed by atoms with Crippen LogP contribution in [0, 0.1) is 13.8 Å². The Morgan fingerprint density at radius 1 is 1.11 bits per heavy atom. The maximum Gasteiger partial charge on any atom is 0.0600 e. The van der Waals surface area contributed by atoms with Crippen LogP contribution in [0.1, 0.15) is 28.3 Å². The largest absolute Gasteiger partial charge is 0.309 e. The van der Waals surface area contributed by atoms with E-state index in [0.717, 1.165) is 4.47 Å². The summed E-state index contributed by atoms with van der Waals surface area (Å²) in [5, 5.41) is 3.36. The Bertz CT molecular complexity index is 552. The molecule has 1 aromatic heterocycles. The van der Waals surface area contributed by atoms with Crippen LogP contribution in [-0.4, -0.2) is 12.0 Å². The number of hydrogen-bond acceptors (Lipinski definition) is 2. The summed E-state index contributed by atoms with van der Waals surface area (Å²) in [7, 11) is 1.97. The zero-order valence-corrected chi connectivity index (χ0v) is 12.5. The van der Waals surface area contributed by atoms with Gasteiger partial charge in [0.1, 0.15) is 0 Å². The highest BCUT2D eigenvalue weighted by Crippen LogP contribution is 2.29. The number of nitrogens with zero attached hydrogens (tertiary/aromatic N) is 1. The normalized spacial score (nSPS) is 12.4. The summed E-state index contributed by atoms with van der Waals surface area (Å²) in [6, 6.07) is 8.73. The van der Waals surface area contributed by atoms with Gasteiger partial charge >= 0.3 is 0 Å². The second-order valence-electron chi connectivity index (χ2n) is 4.54. The summed E-state index contributed by atoms with van der Waals surface area (Å²) < 4.78 is 1.12. The molecule has 0 bridgehead atoms. The quantitative estimate of drug-likeness (QED) is 0.933. The first-order chi connectivity index (χ1) is 8.61. The number of aryl methyl sites for hydroxylation is 2. The minimum absolute atomic E-state index is 0.159. The van der Waals surface area contributed by atoms with E-state index >= 15 is 0 Å². The first-order valence-electron chi connectivity index (χ1n) is 5.96. The summed E-state index contributed by atoms with van der Waals surface area (Å²) in [6.45, 7) is 4.17. The van der Waals surface area contributed by atoms with E-state index < -0.39 is 0 Å². The smallest absolute Gasteiger partial charge is 0.0600 e. The molecule has 1 heterocycles. The van der Waals surface area contributed by atoms with Gasteiger partial charge in [-0.2, -0.15) is 0 Å². The molecule has 0 radical (unpaired) electrons. The lowest BCUT2D eigenvalue weighted by atomic mass is 9.98. The lowest BCUT2D eigenvalue weighted by molar-refractivity contribution is 0.684. The number of rotatable bonds is 3. The van der Waals surface area contributed by atoms with Gasteiger partial charge in [-0.1, -0.05) is 39.7 Å². The van der Waals surface area contributed by atoms with Gasteiger partial charge in [0, 0.05) is 16.9 Å². The van der Waals surface area contributed by atoms with Crippen molar-refractivity contribution in [1.29, 1.82) is 0 Å². The molecule has 1 N–H and O–H groups in total. The van der Waals surface area contributed by atoms with Gasteiger partial charge in [0.05, 0.1) is 6.04 Å². The number of pyridine rings is 1. The maximum absolute atomic E-state index is 4.28. The Morgan fingerprint density at radius 3 is 2.56 bits per heavy atom. The SMILES string of the molecule is CNC(c1cncc(C)c1)c1cc(C)ccc1Br. The van der Waals surface area contributed by atoms with Crippen molar-refractivity contribution in [2.24, 2.45) is 0 Å². The Morgan fingerprint density at radius 2 is 1.89 bits per heavy atom. The summed E-state index contributed by atoms with van der Waals surface area (Å²) in [5.41, 5.74) is 4.86. The van der Waals surface area contributed by atoms with E-state index in [1.165, 1.54) is 22.3 Å². The molecule has 3 heteroatoms. The molecule has 0 aliphatic carbocycles. The lowest BCUT2D eigenvalue weighted by Gasteiger charge is -2.19. The standard InChI is InChI=1S/C15H17BrN2/c1-10-4-5-14(16)13(7-10)15(17-3)12-6-11(2)8-18-9-12/h4-9,15,17H,1-3H3. The first kappa shape index (κ1) is 13.2. The number of hydrogen-bond donors (Lipinski definition) is 1. The van der Waals surface area contributed by atoms with E-state index in [0.29, 0.717) is 0 Å². The molecule has 94 valence electrons. The van der Waals surface area contributed by atoms with Crippen LogP contribution in [-0.2, 0) is 0 Å². The van der Waals surface area contributed by atoms with Crippen LogP contribution in [0.4, 0.5) is 0 Å². The molecule has 0 saturated carbocycles. The fourth-order valence-corrected chi connectivity index (χ4v) is 2.60. The highest BCUT2D eigenvalue weighted by molar-refractivity contribution is 9.10. The minimum atomic E-state index is 0.159. The van der Waals surface area contributed by atoms with Gasteiger partial charge in [-0.15, -0.1) is 0 Å². The van der Waals surface area contributed by atoms with E-state index in [9.17, 15) is 0 Å². The molecule has 0 aliphatic heterocycles.